The fraction of sp³-hybridized carbons (Fsp3) is 0.621. The van der Waals surface area contributed by atoms with Gasteiger partial charge in [0.15, 0.2) is 0 Å². The molecule has 38 heavy (non-hydrogen) atoms. The van der Waals surface area contributed by atoms with Gasteiger partial charge in [-0.2, -0.15) is 0 Å². The standard InChI is InChI=1S/C29H39BrN2O6/c1-7-12-31(23-17(5)10-9-11-18(23)6)27(35)25-29-14-20(30)24(38-29)21(28(36)37-8-2)22(29)26(34)32(25)19(15-33)13-16(3)4/h7,9-11,16,19-22,24-25,33H,1,8,12-15H2,2-6H3/t19-,20?,21+,22+,24+,25?,29?/m1/s1. The van der Waals surface area contributed by atoms with Crippen LogP contribution < -0.4 is 4.90 Å². The third-order valence-corrected chi connectivity index (χ3v) is 9.00. The van der Waals surface area contributed by atoms with E-state index in [9.17, 15) is 19.5 Å². The molecule has 8 nitrogen and oxygen atoms in total. The third-order valence-electron chi connectivity index (χ3n) is 8.15. The van der Waals surface area contributed by atoms with E-state index in [-0.39, 0.29) is 42.3 Å². The second-order valence-corrected chi connectivity index (χ2v) is 12.3. The lowest BCUT2D eigenvalue weighted by atomic mass is 9.70. The minimum Gasteiger partial charge on any atom is -0.466 e. The summed E-state index contributed by atoms with van der Waals surface area (Å²) in [6.07, 6.45) is 1.99. The van der Waals surface area contributed by atoms with Gasteiger partial charge in [0.1, 0.15) is 11.6 Å². The second-order valence-electron chi connectivity index (χ2n) is 11.1. The third kappa shape index (κ3) is 4.50. The van der Waals surface area contributed by atoms with Gasteiger partial charge in [-0.25, -0.2) is 0 Å². The molecule has 0 radical (unpaired) electrons. The van der Waals surface area contributed by atoms with Crippen molar-refractivity contribution in [1.29, 1.82) is 0 Å². The molecule has 3 unspecified atom stereocenters. The van der Waals surface area contributed by atoms with Crippen molar-refractivity contribution in [3.63, 3.8) is 0 Å². The highest BCUT2D eigenvalue weighted by molar-refractivity contribution is 9.09. The lowest BCUT2D eigenvalue weighted by molar-refractivity contribution is -0.155. The van der Waals surface area contributed by atoms with Crippen LogP contribution in [0, 0.1) is 31.6 Å². The maximum Gasteiger partial charge on any atom is 0.312 e. The minimum absolute atomic E-state index is 0.165. The van der Waals surface area contributed by atoms with E-state index in [1.54, 1.807) is 17.9 Å². The molecule has 3 heterocycles. The van der Waals surface area contributed by atoms with Crippen LogP contribution in [0.4, 0.5) is 5.69 Å². The molecule has 3 saturated heterocycles. The number of aliphatic hydroxyl groups excluding tert-OH is 1. The Morgan fingerprint density at radius 3 is 2.55 bits per heavy atom. The highest BCUT2D eigenvalue weighted by Gasteiger charge is 2.77. The van der Waals surface area contributed by atoms with Crippen molar-refractivity contribution in [1.82, 2.24) is 4.90 Å². The van der Waals surface area contributed by atoms with Crippen molar-refractivity contribution < 1.29 is 29.0 Å². The molecule has 7 atom stereocenters. The summed E-state index contributed by atoms with van der Waals surface area (Å²) in [6.45, 7) is 13.6. The average Bonchev–Trinajstić information content (AvgIpc) is 3.45. The minimum atomic E-state index is -1.22. The number of nitrogens with zero attached hydrogens (tertiary/aromatic N) is 2. The zero-order chi connectivity index (χ0) is 27.9. The van der Waals surface area contributed by atoms with Gasteiger partial charge < -0.3 is 24.4 Å². The predicted molar refractivity (Wildman–Crippen MR) is 148 cm³/mol. The molecule has 0 saturated carbocycles. The van der Waals surface area contributed by atoms with Crippen LogP contribution >= 0.6 is 15.9 Å². The molecule has 3 aliphatic rings. The van der Waals surface area contributed by atoms with E-state index in [2.05, 4.69) is 22.5 Å². The fourth-order valence-corrected chi connectivity index (χ4v) is 7.81. The molecule has 1 N–H and O–H groups in total. The average molecular weight is 592 g/mol. The molecule has 3 fully saturated rings. The quantitative estimate of drug-likeness (QED) is 0.254. The van der Waals surface area contributed by atoms with Crippen molar-refractivity contribution in [2.75, 3.05) is 24.7 Å². The summed E-state index contributed by atoms with van der Waals surface area (Å²) in [4.78, 5) is 45.1. The van der Waals surface area contributed by atoms with Crippen LogP contribution in [0.2, 0.25) is 0 Å². The number of rotatable bonds is 10. The number of likely N-dealkylation sites (tertiary alicyclic amines) is 1. The molecule has 208 valence electrons. The predicted octanol–water partition coefficient (Wildman–Crippen LogP) is 3.54. The van der Waals surface area contributed by atoms with Gasteiger partial charge in [-0.1, -0.05) is 54.1 Å². The first-order valence-electron chi connectivity index (χ1n) is 13.4. The van der Waals surface area contributed by atoms with Crippen LogP contribution in [0.1, 0.15) is 44.7 Å². The molecule has 1 aromatic rings. The number of fused-ring (bicyclic) bond motifs is 1. The van der Waals surface area contributed by atoms with Gasteiger partial charge in [-0.05, 0) is 50.7 Å². The number of esters is 1. The number of hydrogen-bond donors (Lipinski definition) is 1. The summed E-state index contributed by atoms with van der Waals surface area (Å²) in [7, 11) is 0. The first kappa shape index (κ1) is 28.8. The number of benzene rings is 1. The van der Waals surface area contributed by atoms with Gasteiger partial charge in [-0.3, -0.25) is 14.4 Å². The Labute approximate surface area is 233 Å². The number of ether oxygens (including phenoxy) is 2. The van der Waals surface area contributed by atoms with Gasteiger partial charge in [-0.15, -0.1) is 6.58 Å². The van der Waals surface area contributed by atoms with E-state index in [1.807, 2.05) is 45.9 Å². The summed E-state index contributed by atoms with van der Waals surface area (Å²) in [5.41, 5.74) is 1.39. The zero-order valence-corrected chi connectivity index (χ0v) is 24.4. The van der Waals surface area contributed by atoms with Crippen LogP contribution in [0.3, 0.4) is 0 Å². The summed E-state index contributed by atoms with van der Waals surface area (Å²) >= 11 is 3.68. The summed E-state index contributed by atoms with van der Waals surface area (Å²) in [5, 5.41) is 10.5. The van der Waals surface area contributed by atoms with Gasteiger partial charge in [0, 0.05) is 17.1 Å². The second kappa shape index (κ2) is 11.1. The number of halogens is 1. The van der Waals surface area contributed by atoms with Crippen molar-refractivity contribution >= 4 is 39.4 Å². The van der Waals surface area contributed by atoms with E-state index in [0.29, 0.717) is 12.8 Å². The Balaban J connectivity index is 1.88. The number of aryl methyl sites for hydroxylation is 2. The summed E-state index contributed by atoms with van der Waals surface area (Å²) < 4.78 is 12.0. The Bertz CT molecular complexity index is 1090. The van der Waals surface area contributed by atoms with Gasteiger partial charge in [0.2, 0.25) is 5.91 Å². The largest absolute Gasteiger partial charge is 0.466 e. The smallest absolute Gasteiger partial charge is 0.312 e. The highest BCUT2D eigenvalue weighted by atomic mass is 79.9. The Kier molecular flexibility index (Phi) is 8.40. The lowest BCUT2D eigenvalue weighted by Gasteiger charge is -2.40. The summed E-state index contributed by atoms with van der Waals surface area (Å²) in [6, 6.07) is 4.22. The molecule has 2 amide bonds. The number of hydrogen-bond acceptors (Lipinski definition) is 6. The number of alkyl halides is 1. The van der Waals surface area contributed by atoms with Crippen LogP contribution in [0.5, 0.6) is 0 Å². The molecule has 2 bridgehead atoms. The SMILES string of the molecule is C=CCN(C(=O)C1N([C@@H](CO)CC(C)C)C(=O)[C@@H]2[C@H](C(=O)OCC)[C@H]3OC12CC3Br)c1c(C)cccc1C. The maximum atomic E-state index is 14.7. The normalized spacial score (nSPS) is 30.5. The van der Waals surface area contributed by atoms with E-state index < -0.39 is 41.6 Å². The molecular weight excluding hydrogens is 552 g/mol. The van der Waals surface area contributed by atoms with E-state index in [4.69, 9.17) is 9.47 Å². The number of anilines is 1. The van der Waals surface area contributed by atoms with Crippen molar-refractivity contribution in [3.8, 4) is 0 Å². The van der Waals surface area contributed by atoms with Gasteiger partial charge in [0.05, 0.1) is 37.2 Å². The highest BCUT2D eigenvalue weighted by Crippen LogP contribution is 2.61. The summed E-state index contributed by atoms with van der Waals surface area (Å²) in [5.74, 6) is -2.64. The molecule has 0 aromatic heterocycles. The van der Waals surface area contributed by atoms with E-state index >= 15 is 0 Å². The topological polar surface area (TPSA) is 96.4 Å². The zero-order valence-electron chi connectivity index (χ0n) is 22.9. The van der Waals surface area contributed by atoms with Crippen molar-refractivity contribution in [3.05, 3.63) is 42.0 Å². The fourth-order valence-electron chi connectivity index (χ4n) is 6.87. The first-order chi connectivity index (χ1) is 18.0. The maximum absolute atomic E-state index is 14.7. The Morgan fingerprint density at radius 1 is 1.34 bits per heavy atom. The Hall–Kier alpha value is -2.23. The molecule has 4 rings (SSSR count). The number of carbonyl (C=O) groups is 3. The molecule has 1 aromatic carbocycles. The molecular formula is C29H39BrN2O6. The van der Waals surface area contributed by atoms with Crippen LogP contribution in [-0.2, 0) is 23.9 Å². The monoisotopic (exact) mass is 590 g/mol. The molecule has 3 aliphatic heterocycles. The first-order valence-corrected chi connectivity index (χ1v) is 14.4. The van der Waals surface area contributed by atoms with Crippen molar-refractivity contribution in [2.24, 2.45) is 17.8 Å². The van der Waals surface area contributed by atoms with Crippen LogP contribution in [-0.4, -0.2) is 76.2 Å². The van der Waals surface area contributed by atoms with Crippen LogP contribution in [0.25, 0.3) is 0 Å². The molecule has 0 aliphatic carbocycles. The Morgan fingerprint density at radius 2 is 2.00 bits per heavy atom. The molecule has 9 heteroatoms. The van der Waals surface area contributed by atoms with Gasteiger partial charge >= 0.3 is 5.97 Å². The number of para-hydroxylation sites is 1. The number of carbonyl (C=O) groups excluding carboxylic acids is 3. The number of aliphatic hydroxyl groups is 1. The lowest BCUT2D eigenvalue weighted by Crippen LogP contribution is -2.59. The van der Waals surface area contributed by atoms with Gasteiger partial charge in [0.25, 0.3) is 5.91 Å². The van der Waals surface area contributed by atoms with E-state index in [1.165, 1.54) is 4.90 Å². The molecule has 1 spiro atoms. The van der Waals surface area contributed by atoms with E-state index in [0.717, 1.165) is 16.8 Å². The number of amides is 2. The van der Waals surface area contributed by atoms with Crippen LogP contribution in [0.15, 0.2) is 30.9 Å². The van der Waals surface area contributed by atoms with Crippen molar-refractivity contribution in [2.45, 2.75) is 76.1 Å².